The van der Waals surface area contributed by atoms with Gasteiger partial charge in [-0.25, -0.2) is 33.7 Å². The number of sulfone groups is 1. The smallest absolute Gasteiger partial charge is 0.270 e. The van der Waals surface area contributed by atoms with Crippen LogP contribution in [0.5, 0.6) is 5.75 Å². The molecule has 18 nitrogen and oxygen atoms in total. The third kappa shape index (κ3) is 9.22. The number of nitrogens with zero attached hydrogens (tertiary/aromatic N) is 4. The van der Waals surface area contributed by atoms with Crippen molar-refractivity contribution in [3.63, 3.8) is 0 Å². The summed E-state index contributed by atoms with van der Waals surface area (Å²) < 4.78 is 104. The second kappa shape index (κ2) is 15.5. The molecule has 0 fully saturated rings. The second-order valence-corrected chi connectivity index (χ2v) is 19.9. The largest absolute Gasteiger partial charge is 0.506 e. The Morgan fingerprint density at radius 2 is 1.45 bits per heavy atom. The number of hydrogen-bond acceptors (Lipinski definition) is 14. The number of nitro benzene ring substituents is 1. The van der Waals surface area contributed by atoms with E-state index in [4.69, 9.17) is 10.7 Å². The molecule has 0 saturated carbocycles. The molecular formula is C33H29ClN6O12S4. The van der Waals surface area contributed by atoms with Gasteiger partial charge in [0.2, 0.25) is 10.0 Å². The highest BCUT2D eigenvalue weighted by atomic mass is 35.7. The van der Waals surface area contributed by atoms with Crippen LogP contribution in [0.3, 0.4) is 0 Å². The molecule has 0 atom stereocenters. The summed E-state index contributed by atoms with van der Waals surface area (Å²) in [4.78, 5) is 24.4. The number of nitrogens with one attached hydrogen (secondary N) is 2. The Kier molecular flexibility index (Phi) is 11.4. The Labute approximate surface area is 325 Å². The van der Waals surface area contributed by atoms with Gasteiger partial charge in [-0.05, 0) is 67.6 Å². The van der Waals surface area contributed by atoms with Crippen LogP contribution in [-0.2, 0) is 38.9 Å². The Morgan fingerprint density at radius 1 is 0.821 bits per heavy atom. The molecule has 0 aliphatic carbocycles. The molecule has 0 radical (unpaired) electrons. The minimum atomic E-state index is -4.61. The number of benzene rings is 5. The van der Waals surface area contributed by atoms with Gasteiger partial charge in [0, 0.05) is 57.8 Å². The van der Waals surface area contributed by atoms with E-state index in [1.165, 1.54) is 47.4 Å². The van der Waals surface area contributed by atoms with Gasteiger partial charge in [0.15, 0.2) is 9.84 Å². The Hall–Kier alpha value is -5.68. The molecule has 0 heterocycles. The van der Waals surface area contributed by atoms with Crippen LogP contribution in [0.25, 0.3) is 10.8 Å². The molecule has 0 saturated heterocycles. The molecule has 5 rings (SSSR count). The number of amides is 1. The van der Waals surface area contributed by atoms with Crippen molar-refractivity contribution in [2.75, 3.05) is 33.4 Å². The summed E-state index contributed by atoms with van der Waals surface area (Å²) in [7, 11) is -11.3. The molecule has 0 aliphatic rings. The zero-order valence-corrected chi connectivity index (χ0v) is 33.1. The molecule has 5 aromatic rings. The number of rotatable bonds is 13. The average Bonchev–Trinajstić information content (AvgIpc) is 3.11. The standard InChI is InChI=1S/C33H29ClN6O12S4/c1-4-39(21-13-11-20(12-14-21)37-54(3,47)48)33(42)26-19-29(36-35-27-16-15-22(40(43)44)17-30(27)53(2,45)46)31-25(32(26)41)9-6-10-28(31)38-56(51,52)24-8-5-7-23(18-24)55(34,49)50/h5-19,37-38,41H,4H2,1-3H3. The van der Waals surface area contributed by atoms with Crippen LogP contribution in [-0.4, -0.2) is 68.7 Å². The van der Waals surface area contributed by atoms with Crippen LogP contribution in [0.15, 0.2) is 116 Å². The summed E-state index contributed by atoms with van der Waals surface area (Å²) in [5.41, 5.74) is -1.35. The summed E-state index contributed by atoms with van der Waals surface area (Å²) in [5, 5.41) is 30.9. The first-order valence-electron chi connectivity index (χ1n) is 15.7. The number of halogens is 1. The summed E-state index contributed by atoms with van der Waals surface area (Å²) in [5.74, 6) is -1.44. The molecule has 0 bridgehead atoms. The number of anilines is 3. The van der Waals surface area contributed by atoms with E-state index in [-0.39, 0.29) is 51.3 Å². The first-order valence-corrected chi connectivity index (χ1v) is 23.2. The highest BCUT2D eigenvalue weighted by molar-refractivity contribution is 8.13. The number of aromatic hydroxyl groups is 1. The molecule has 0 aromatic heterocycles. The van der Waals surface area contributed by atoms with Gasteiger partial charge >= 0.3 is 0 Å². The van der Waals surface area contributed by atoms with Crippen LogP contribution in [0.1, 0.15) is 17.3 Å². The van der Waals surface area contributed by atoms with Crippen molar-refractivity contribution >= 4 is 100 Å². The number of nitro groups is 1. The molecule has 1 amide bonds. The van der Waals surface area contributed by atoms with Crippen molar-refractivity contribution in [1.29, 1.82) is 0 Å². The maximum Gasteiger partial charge on any atom is 0.270 e. The molecule has 23 heteroatoms. The van der Waals surface area contributed by atoms with E-state index >= 15 is 0 Å². The summed E-state index contributed by atoms with van der Waals surface area (Å²) in [6.45, 7) is 1.65. The molecule has 0 aliphatic heterocycles. The number of fused-ring (bicyclic) bond motifs is 1. The molecule has 5 aromatic carbocycles. The predicted molar refractivity (Wildman–Crippen MR) is 209 cm³/mol. The lowest BCUT2D eigenvalue weighted by atomic mass is 10.0. The molecule has 56 heavy (non-hydrogen) atoms. The molecule has 3 N–H and O–H groups in total. The van der Waals surface area contributed by atoms with E-state index in [1.807, 2.05) is 0 Å². The Morgan fingerprint density at radius 3 is 2.04 bits per heavy atom. The molecule has 294 valence electrons. The lowest BCUT2D eigenvalue weighted by Gasteiger charge is -2.23. The fraction of sp³-hybridized carbons (Fsp3) is 0.121. The van der Waals surface area contributed by atoms with Gasteiger partial charge in [-0.2, -0.15) is 0 Å². The van der Waals surface area contributed by atoms with Crippen LogP contribution in [0.2, 0.25) is 0 Å². The van der Waals surface area contributed by atoms with Crippen LogP contribution in [0, 0.1) is 10.1 Å². The number of phenols is 1. The first kappa shape index (κ1) is 41.5. The summed E-state index contributed by atoms with van der Waals surface area (Å²) in [6, 6.07) is 17.6. The van der Waals surface area contributed by atoms with Crippen LogP contribution < -0.4 is 14.3 Å². The fourth-order valence-corrected chi connectivity index (χ4v) is 8.76. The number of carbonyl (C=O) groups is 1. The minimum Gasteiger partial charge on any atom is -0.506 e. The number of phenolic OH excluding ortho intramolecular Hbond substituents is 1. The molecule has 0 spiro atoms. The van der Waals surface area contributed by atoms with Gasteiger partial charge in [0.1, 0.15) is 16.3 Å². The maximum absolute atomic E-state index is 14.1. The van der Waals surface area contributed by atoms with Crippen molar-refractivity contribution in [2.45, 2.75) is 21.6 Å². The van der Waals surface area contributed by atoms with E-state index in [0.717, 1.165) is 61.0 Å². The number of hydrogen-bond donors (Lipinski definition) is 3. The van der Waals surface area contributed by atoms with E-state index < -0.39 is 75.9 Å². The Balaban J connectivity index is 1.72. The third-order valence-electron chi connectivity index (χ3n) is 7.85. The second-order valence-electron chi connectivity index (χ2n) is 11.9. The lowest BCUT2D eigenvalue weighted by Crippen LogP contribution is -2.30. The van der Waals surface area contributed by atoms with Gasteiger partial charge < -0.3 is 10.0 Å². The number of carbonyl (C=O) groups excluding carboxylic acids is 1. The fourth-order valence-electron chi connectivity index (χ4n) is 5.39. The monoisotopic (exact) mass is 864 g/mol. The topological polar surface area (TPSA) is 269 Å². The van der Waals surface area contributed by atoms with Gasteiger partial charge in [-0.15, -0.1) is 10.2 Å². The van der Waals surface area contributed by atoms with Crippen molar-refractivity contribution < 1.29 is 48.5 Å². The maximum atomic E-state index is 14.1. The first-order chi connectivity index (χ1) is 26.0. The molecule has 0 unspecified atom stereocenters. The number of azo groups is 1. The van der Waals surface area contributed by atoms with Crippen LogP contribution >= 0.6 is 10.7 Å². The van der Waals surface area contributed by atoms with E-state index in [2.05, 4.69) is 19.7 Å². The molecular weight excluding hydrogens is 836 g/mol. The van der Waals surface area contributed by atoms with E-state index in [9.17, 15) is 53.7 Å². The zero-order valence-electron chi connectivity index (χ0n) is 29.1. The highest BCUT2D eigenvalue weighted by Gasteiger charge is 2.26. The van der Waals surface area contributed by atoms with Crippen molar-refractivity contribution in [3.05, 3.63) is 107 Å². The average molecular weight is 865 g/mol. The van der Waals surface area contributed by atoms with Gasteiger partial charge in [-0.3, -0.25) is 24.4 Å². The van der Waals surface area contributed by atoms with Gasteiger partial charge in [0.25, 0.3) is 30.7 Å². The lowest BCUT2D eigenvalue weighted by molar-refractivity contribution is -0.385. The third-order valence-corrected chi connectivity index (χ3v) is 12.3. The van der Waals surface area contributed by atoms with Crippen molar-refractivity contribution in [3.8, 4) is 5.75 Å². The van der Waals surface area contributed by atoms with Crippen LogP contribution in [0.4, 0.5) is 34.1 Å². The predicted octanol–water partition coefficient (Wildman–Crippen LogP) is 6.04. The summed E-state index contributed by atoms with van der Waals surface area (Å²) >= 11 is 0. The number of non-ortho nitro benzene ring substituents is 1. The van der Waals surface area contributed by atoms with E-state index in [0.29, 0.717) is 0 Å². The van der Waals surface area contributed by atoms with Gasteiger partial charge in [-0.1, -0.05) is 18.2 Å². The number of sulfonamides is 2. The van der Waals surface area contributed by atoms with Crippen molar-refractivity contribution in [1.82, 2.24) is 0 Å². The minimum absolute atomic E-state index is 0.0312. The van der Waals surface area contributed by atoms with E-state index in [1.54, 1.807) is 6.92 Å². The Bertz CT molecular complexity index is 2910. The zero-order chi connectivity index (χ0) is 41.4. The van der Waals surface area contributed by atoms with Gasteiger partial charge in [0.05, 0.1) is 37.9 Å². The highest BCUT2D eigenvalue weighted by Crippen LogP contribution is 2.43. The normalized spacial score (nSPS) is 12.4. The summed E-state index contributed by atoms with van der Waals surface area (Å²) in [6.07, 6.45) is 1.75. The van der Waals surface area contributed by atoms with Crippen molar-refractivity contribution in [2.24, 2.45) is 10.2 Å². The SMILES string of the molecule is CCN(C(=O)c1cc(N=Nc2ccc([N+](=O)[O-])cc2S(C)(=O)=O)c2c(NS(=O)(=O)c3cccc(S(=O)(=O)Cl)c3)cccc2c1O)c1ccc(NS(C)(=O)=O)cc1. The quantitative estimate of drug-likeness (QED) is 0.0529.